The average molecular weight is 266 g/mol. The third-order valence-corrected chi connectivity index (χ3v) is 2.06. The maximum absolute atomic E-state index is 12.4. The molecule has 2 nitrogen and oxygen atoms in total. The first kappa shape index (κ1) is 11.4. The van der Waals surface area contributed by atoms with Gasteiger partial charge in [0.15, 0.2) is 5.60 Å². The molecule has 0 spiro atoms. The van der Waals surface area contributed by atoms with Crippen LogP contribution in [0, 0.1) is 0 Å². The van der Waals surface area contributed by atoms with Crippen LogP contribution < -0.4 is 4.74 Å². The van der Waals surface area contributed by atoms with Gasteiger partial charge in [-0.1, -0.05) is 0 Å². The van der Waals surface area contributed by atoms with E-state index in [0.29, 0.717) is 0 Å². The van der Waals surface area contributed by atoms with Crippen LogP contribution in [-0.2, 0) is 0 Å². The molecule has 1 rings (SSSR count). The number of halogens is 3. The summed E-state index contributed by atoms with van der Waals surface area (Å²) < 4.78 is 30.6. The van der Waals surface area contributed by atoms with Gasteiger partial charge in [-0.3, -0.25) is 0 Å². The molecule has 0 atom stereocenters. The summed E-state index contributed by atoms with van der Waals surface area (Å²) in [4.78, 5) is 3.84. The summed E-state index contributed by atoms with van der Waals surface area (Å²) in [6.45, 7) is 2.64. The fourth-order valence-corrected chi connectivity index (χ4v) is 0.971. The Balaban J connectivity index is 2.74. The van der Waals surface area contributed by atoms with Crippen molar-refractivity contribution in [3.05, 3.63) is 22.8 Å². The van der Waals surface area contributed by atoms with Crippen molar-refractivity contribution in [2.24, 2.45) is 0 Å². The number of rotatable bonds is 3. The number of pyridine rings is 1. The van der Waals surface area contributed by atoms with E-state index in [1.165, 1.54) is 26.1 Å². The Kier molecular flexibility index (Phi) is 3.42. The summed E-state index contributed by atoms with van der Waals surface area (Å²) in [7, 11) is 0. The van der Waals surface area contributed by atoms with Crippen molar-refractivity contribution in [3.8, 4) is 5.88 Å². The molecule has 14 heavy (non-hydrogen) atoms. The SMILES string of the molecule is CC(C)(Oc1ccc(Br)cn1)C(F)F. The molecule has 0 aliphatic carbocycles. The predicted octanol–water partition coefficient (Wildman–Crippen LogP) is 3.27. The van der Waals surface area contributed by atoms with Crippen LogP contribution in [0.15, 0.2) is 22.8 Å². The van der Waals surface area contributed by atoms with Crippen molar-refractivity contribution in [2.75, 3.05) is 0 Å². The van der Waals surface area contributed by atoms with E-state index in [1.54, 1.807) is 6.07 Å². The van der Waals surface area contributed by atoms with Gasteiger partial charge in [0, 0.05) is 16.7 Å². The number of alkyl halides is 2. The van der Waals surface area contributed by atoms with E-state index in [1.807, 2.05) is 0 Å². The van der Waals surface area contributed by atoms with Crippen LogP contribution in [-0.4, -0.2) is 17.0 Å². The number of hydrogen-bond acceptors (Lipinski definition) is 2. The lowest BCUT2D eigenvalue weighted by atomic mass is 10.1. The summed E-state index contributed by atoms with van der Waals surface area (Å²) in [5, 5.41) is 0. The van der Waals surface area contributed by atoms with Gasteiger partial charge in [-0.25, -0.2) is 13.8 Å². The topological polar surface area (TPSA) is 22.1 Å². The molecule has 5 heteroatoms. The summed E-state index contributed by atoms with van der Waals surface area (Å²) in [6.07, 6.45) is -1.05. The van der Waals surface area contributed by atoms with Gasteiger partial charge < -0.3 is 4.74 Å². The maximum atomic E-state index is 12.4. The first-order chi connectivity index (χ1) is 6.42. The van der Waals surface area contributed by atoms with Gasteiger partial charge in [0.2, 0.25) is 5.88 Å². The van der Waals surface area contributed by atoms with Crippen molar-refractivity contribution in [2.45, 2.75) is 25.9 Å². The number of nitrogens with zero attached hydrogens (tertiary/aromatic N) is 1. The lowest BCUT2D eigenvalue weighted by Crippen LogP contribution is -2.36. The minimum Gasteiger partial charge on any atom is -0.466 e. The molecular weight excluding hydrogens is 256 g/mol. The predicted molar refractivity (Wildman–Crippen MR) is 52.6 cm³/mol. The molecule has 0 aliphatic rings. The molecular formula is C9H10BrF2NO. The second-order valence-electron chi connectivity index (χ2n) is 3.32. The molecule has 0 N–H and O–H groups in total. The van der Waals surface area contributed by atoms with E-state index in [9.17, 15) is 8.78 Å². The molecule has 0 aliphatic heterocycles. The molecule has 0 saturated carbocycles. The second-order valence-corrected chi connectivity index (χ2v) is 4.24. The van der Waals surface area contributed by atoms with E-state index in [-0.39, 0.29) is 5.88 Å². The Morgan fingerprint density at radius 3 is 2.50 bits per heavy atom. The van der Waals surface area contributed by atoms with Crippen LogP contribution in [0.4, 0.5) is 8.78 Å². The van der Waals surface area contributed by atoms with Crippen molar-refractivity contribution < 1.29 is 13.5 Å². The Hall–Kier alpha value is -0.710. The summed E-state index contributed by atoms with van der Waals surface area (Å²) >= 11 is 3.19. The quantitative estimate of drug-likeness (QED) is 0.837. The monoisotopic (exact) mass is 265 g/mol. The lowest BCUT2D eigenvalue weighted by Gasteiger charge is -2.24. The Morgan fingerprint density at radius 2 is 2.07 bits per heavy atom. The van der Waals surface area contributed by atoms with Crippen molar-refractivity contribution in [3.63, 3.8) is 0 Å². The summed E-state index contributed by atoms with van der Waals surface area (Å²) in [6, 6.07) is 3.22. The van der Waals surface area contributed by atoms with Gasteiger partial charge in [-0.05, 0) is 35.8 Å². The summed E-state index contributed by atoms with van der Waals surface area (Å²) in [5.41, 5.74) is -1.51. The van der Waals surface area contributed by atoms with Gasteiger partial charge in [0.25, 0.3) is 6.43 Å². The maximum Gasteiger partial charge on any atom is 0.277 e. The van der Waals surface area contributed by atoms with Gasteiger partial charge >= 0.3 is 0 Å². The minimum absolute atomic E-state index is 0.193. The minimum atomic E-state index is -2.55. The highest BCUT2D eigenvalue weighted by Gasteiger charge is 2.32. The normalized spacial score (nSPS) is 11.9. The fraction of sp³-hybridized carbons (Fsp3) is 0.444. The number of ether oxygens (including phenoxy) is 1. The lowest BCUT2D eigenvalue weighted by molar-refractivity contribution is -0.0534. The van der Waals surface area contributed by atoms with Crippen LogP contribution in [0.2, 0.25) is 0 Å². The first-order valence-electron chi connectivity index (χ1n) is 4.00. The molecule has 0 unspecified atom stereocenters. The van der Waals surface area contributed by atoms with Gasteiger partial charge in [-0.2, -0.15) is 0 Å². The Labute approximate surface area is 89.4 Å². The van der Waals surface area contributed by atoms with E-state index in [0.717, 1.165) is 4.47 Å². The van der Waals surface area contributed by atoms with Crippen LogP contribution in [0.1, 0.15) is 13.8 Å². The smallest absolute Gasteiger partial charge is 0.277 e. The molecule has 0 aromatic carbocycles. The van der Waals surface area contributed by atoms with Crippen molar-refractivity contribution >= 4 is 15.9 Å². The molecule has 0 amide bonds. The summed E-state index contributed by atoms with van der Waals surface area (Å²) in [5.74, 6) is 0.193. The number of hydrogen-bond donors (Lipinski definition) is 0. The van der Waals surface area contributed by atoms with Gasteiger partial charge in [-0.15, -0.1) is 0 Å². The molecule has 0 radical (unpaired) electrons. The van der Waals surface area contributed by atoms with Crippen LogP contribution in [0.5, 0.6) is 5.88 Å². The van der Waals surface area contributed by atoms with E-state index in [2.05, 4.69) is 20.9 Å². The molecule has 0 fully saturated rings. The molecule has 78 valence electrons. The van der Waals surface area contributed by atoms with Crippen molar-refractivity contribution in [1.29, 1.82) is 0 Å². The highest BCUT2D eigenvalue weighted by Crippen LogP contribution is 2.22. The third kappa shape index (κ3) is 2.90. The van der Waals surface area contributed by atoms with Crippen LogP contribution >= 0.6 is 15.9 Å². The standard InChI is InChI=1S/C9H10BrF2NO/c1-9(2,8(11)12)14-7-4-3-6(10)5-13-7/h3-5,8H,1-2H3. The third-order valence-electron chi connectivity index (χ3n) is 1.59. The molecule has 1 aromatic rings. The van der Waals surface area contributed by atoms with E-state index < -0.39 is 12.0 Å². The molecule has 0 bridgehead atoms. The zero-order valence-corrected chi connectivity index (χ0v) is 9.38. The number of aromatic nitrogens is 1. The van der Waals surface area contributed by atoms with Gasteiger partial charge in [0.1, 0.15) is 0 Å². The Morgan fingerprint density at radius 1 is 1.43 bits per heavy atom. The zero-order valence-electron chi connectivity index (χ0n) is 7.80. The van der Waals surface area contributed by atoms with E-state index >= 15 is 0 Å². The fourth-order valence-electron chi connectivity index (χ4n) is 0.737. The average Bonchev–Trinajstić information content (AvgIpc) is 2.08. The Bertz CT molecular complexity index is 300. The largest absolute Gasteiger partial charge is 0.466 e. The highest BCUT2D eigenvalue weighted by molar-refractivity contribution is 9.10. The van der Waals surface area contributed by atoms with Gasteiger partial charge in [0.05, 0.1) is 0 Å². The molecule has 0 saturated heterocycles. The second kappa shape index (κ2) is 4.21. The van der Waals surface area contributed by atoms with Crippen LogP contribution in [0.25, 0.3) is 0 Å². The van der Waals surface area contributed by atoms with Crippen LogP contribution in [0.3, 0.4) is 0 Å². The molecule has 1 heterocycles. The zero-order chi connectivity index (χ0) is 10.8. The van der Waals surface area contributed by atoms with E-state index in [4.69, 9.17) is 4.74 Å². The highest BCUT2D eigenvalue weighted by atomic mass is 79.9. The van der Waals surface area contributed by atoms with Crippen molar-refractivity contribution in [1.82, 2.24) is 4.98 Å². The first-order valence-corrected chi connectivity index (χ1v) is 4.80. The molecule has 1 aromatic heterocycles.